The number of hydrogen-bond donors (Lipinski definition) is 0. The van der Waals surface area contributed by atoms with Crippen molar-refractivity contribution in [2.75, 3.05) is 6.61 Å². The van der Waals surface area contributed by atoms with E-state index in [0.717, 1.165) is 5.56 Å². The molecule has 0 fully saturated rings. The highest BCUT2D eigenvalue weighted by atomic mass is 35.5. The summed E-state index contributed by atoms with van der Waals surface area (Å²) in [5, 5.41) is 0.333. The monoisotopic (exact) mass is 344 g/mol. The Bertz CT molecular complexity index is 632. The zero-order chi connectivity index (χ0) is 16.7. The highest BCUT2D eigenvalue weighted by Crippen LogP contribution is 2.42. The number of ether oxygens (including phenoxy) is 2. The van der Waals surface area contributed by atoms with Gasteiger partial charge < -0.3 is 9.47 Å². The summed E-state index contributed by atoms with van der Waals surface area (Å²) in [7, 11) is 0. The second-order valence-electron chi connectivity index (χ2n) is 6.38. The standard InChI is InChI=1S/C16H18Cl2O4/c1-8-5-9-6-10(13(17)14(18)12(9)15(8)20)21-7-11(19)22-16(2,3)4/h6,8H,5,7H2,1-4H3. The summed E-state index contributed by atoms with van der Waals surface area (Å²) in [6, 6.07) is 1.68. The van der Waals surface area contributed by atoms with Gasteiger partial charge in [-0.3, -0.25) is 4.79 Å². The number of benzene rings is 1. The van der Waals surface area contributed by atoms with Gasteiger partial charge in [0.25, 0.3) is 0 Å². The molecule has 0 N–H and O–H groups in total. The molecule has 1 unspecified atom stereocenters. The Morgan fingerprint density at radius 3 is 2.55 bits per heavy atom. The summed E-state index contributed by atoms with van der Waals surface area (Å²) >= 11 is 12.3. The van der Waals surface area contributed by atoms with Crippen molar-refractivity contribution < 1.29 is 19.1 Å². The van der Waals surface area contributed by atoms with Gasteiger partial charge in [-0.25, -0.2) is 4.79 Å². The SMILES string of the molecule is CC1Cc2cc(OCC(=O)OC(C)(C)C)c(Cl)c(Cl)c2C1=O. The zero-order valence-electron chi connectivity index (χ0n) is 13.0. The van der Waals surface area contributed by atoms with Crippen LogP contribution in [0.2, 0.25) is 10.0 Å². The highest BCUT2D eigenvalue weighted by Gasteiger charge is 2.32. The minimum Gasteiger partial charge on any atom is -0.480 e. The van der Waals surface area contributed by atoms with E-state index in [-0.39, 0.29) is 34.1 Å². The predicted octanol–water partition coefficient (Wildman–Crippen LogP) is 4.09. The molecule has 0 saturated carbocycles. The van der Waals surface area contributed by atoms with Crippen molar-refractivity contribution in [3.8, 4) is 5.75 Å². The van der Waals surface area contributed by atoms with Crippen LogP contribution >= 0.6 is 23.2 Å². The van der Waals surface area contributed by atoms with Crippen LogP contribution in [-0.4, -0.2) is 24.0 Å². The number of carbonyl (C=O) groups is 2. The topological polar surface area (TPSA) is 52.6 Å². The third kappa shape index (κ3) is 3.55. The lowest BCUT2D eigenvalue weighted by atomic mass is 10.1. The summed E-state index contributed by atoms with van der Waals surface area (Å²) in [5.41, 5.74) is 0.677. The lowest BCUT2D eigenvalue weighted by molar-refractivity contribution is -0.157. The first-order valence-corrected chi connectivity index (χ1v) is 7.75. The molecular weight excluding hydrogens is 327 g/mol. The number of ketones is 1. The van der Waals surface area contributed by atoms with Crippen molar-refractivity contribution in [1.82, 2.24) is 0 Å². The number of esters is 1. The third-order valence-corrected chi connectivity index (χ3v) is 4.09. The van der Waals surface area contributed by atoms with Gasteiger partial charge in [-0.2, -0.15) is 0 Å². The van der Waals surface area contributed by atoms with Crippen molar-refractivity contribution in [3.05, 3.63) is 27.2 Å². The van der Waals surface area contributed by atoms with Gasteiger partial charge in [0.15, 0.2) is 12.4 Å². The molecule has 0 heterocycles. The van der Waals surface area contributed by atoms with Gasteiger partial charge in [0.2, 0.25) is 0 Å². The molecule has 1 aromatic carbocycles. The Hall–Kier alpha value is -1.26. The quantitative estimate of drug-likeness (QED) is 0.775. The minimum atomic E-state index is -0.582. The second-order valence-corrected chi connectivity index (χ2v) is 7.14. The van der Waals surface area contributed by atoms with Crippen LogP contribution in [0.3, 0.4) is 0 Å². The maximum Gasteiger partial charge on any atom is 0.344 e. The molecule has 0 bridgehead atoms. The first-order valence-electron chi connectivity index (χ1n) is 7.00. The molecule has 6 heteroatoms. The summed E-state index contributed by atoms with van der Waals surface area (Å²) < 4.78 is 10.6. The van der Waals surface area contributed by atoms with Crippen LogP contribution < -0.4 is 4.74 Å². The Labute approximate surface area is 139 Å². The zero-order valence-corrected chi connectivity index (χ0v) is 14.5. The Kier molecular flexibility index (Phi) is 4.73. The van der Waals surface area contributed by atoms with E-state index in [0.29, 0.717) is 12.0 Å². The summed E-state index contributed by atoms with van der Waals surface area (Å²) in [6.07, 6.45) is 0.591. The molecule has 0 aromatic heterocycles. The van der Waals surface area contributed by atoms with Crippen LogP contribution in [0.5, 0.6) is 5.75 Å². The molecule has 1 aromatic rings. The van der Waals surface area contributed by atoms with E-state index in [9.17, 15) is 9.59 Å². The number of halogens is 2. The Morgan fingerprint density at radius 1 is 1.32 bits per heavy atom. The van der Waals surface area contributed by atoms with Crippen LogP contribution in [0, 0.1) is 5.92 Å². The molecule has 0 aliphatic heterocycles. The largest absolute Gasteiger partial charge is 0.480 e. The molecule has 0 spiro atoms. The molecule has 0 amide bonds. The molecule has 4 nitrogen and oxygen atoms in total. The highest BCUT2D eigenvalue weighted by molar-refractivity contribution is 6.45. The van der Waals surface area contributed by atoms with Gasteiger partial charge in [0.05, 0.1) is 5.02 Å². The van der Waals surface area contributed by atoms with Gasteiger partial charge >= 0.3 is 5.97 Å². The fourth-order valence-electron chi connectivity index (χ4n) is 2.36. The van der Waals surface area contributed by atoms with Crippen LogP contribution in [0.4, 0.5) is 0 Å². The van der Waals surface area contributed by atoms with E-state index in [4.69, 9.17) is 32.7 Å². The first kappa shape index (κ1) is 17.1. The molecular formula is C16H18Cl2O4. The van der Waals surface area contributed by atoms with Crippen molar-refractivity contribution in [2.45, 2.75) is 39.7 Å². The number of hydrogen-bond acceptors (Lipinski definition) is 4. The molecule has 0 radical (unpaired) electrons. The molecule has 1 aliphatic carbocycles. The van der Waals surface area contributed by atoms with Crippen molar-refractivity contribution >= 4 is 35.0 Å². The first-order chi connectivity index (χ1) is 10.1. The maximum atomic E-state index is 12.0. The second kappa shape index (κ2) is 6.09. The van der Waals surface area contributed by atoms with Gasteiger partial charge in [-0.1, -0.05) is 30.1 Å². The van der Waals surface area contributed by atoms with E-state index < -0.39 is 11.6 Å². The van der Waals surface area contributed by atoms with Gasteiger partial charge in [-0.05, 0) is 38.8 Å². The summed E-state index contributed by atoms with van der Waals surface area (Å²) in [6.45, 7) is 6.90. The van der Waals surface area contributed by atoms with E-state index in [1.807, 2.05) is 6.92 Å². The van der Waals surface area contributed by atoms with E-state index >= 15 is 0 Å². The fraction of sp³-hybridized carbons (Fsp3) is 0.500. The molecule has 1 atom stereocenters. The summed E-state index contributed by atoms with van der Waals surface area (Å²) in [5.74, 6) is -0.340. The van der Waals surface area contributed by atoms with E-state index in [1.165, 1.54) is 0 Å². The van der Waals surface area contributed by atoms with Crippen molar-refractivity contribution in [3.63, 3.8) is 0 Å². The summed E-state index contributed by atoms with van der Waals surface area (Å²) in [4.78, 5) is 23.7. The van der Waals surface area contributed by atoms with Crippen molar-refractivity contribution in [2.24, 2.45) is 5.92 Å². The van der Waals surface area contributed by atoms with E-state index in [1.54, 1.807) is 26.8 Å². The van der Waals surface area contributed by atoms with Crippen LogP contribution in [-0.2, 0) is 16.0 Å². The Morgan fingerprint density at radius 2 is 1.95 bits per heavy atom. The molecule has 120 valence electrons. The number of carbonyl (C=O) groups excluding carboxylic acids is 2. The molecule has 22 heavy (non-hydrogen) atoms. The third-order valence-electron chi connectivity index (χ3n) is 3.24. The van der Waals surface area contributed by atoms with E-state index in [2.05, 4.69) is 0 Å². The normalized spacial score (nSPS) is 17.4. The van der Waals surface area contributed by atoms with Crippen LogP contribution in [0.15, 0.2) is 6.07 Å². The lowest BCUT2D eigenvalue weighted by Gasteiger charge is -2.19. The smallest absolute Gasteiger partial charge is 0.344 e. The molecule has 0 saturated heterocycles. The number of Topliss-reactive ketones (excluding diaryl/α,β-unsaturated/α-hetero) is 1. The van der Waals surface area contributed by atoms with Crippen LogP contribution in [0.1, 0.15) is 43.6 Å². The maximum absolute atomic E-state index is 12.0. The number of rotatable bonds is 3. The van der Waals surface area contributed by atoms with Crippen LogP contribution in [0.25, 0.3) is 0 Å². The fourth-order valence-corrected chi connectivity index (χ4v) is 2.87. The Balaban J connectivity index is 2.17. The molecule has 2 rings (SSSR count). The van der Waals surface area contributed by atoms with Gasteiger partial charge in [0, 0.05) is 11.5 Å². The van der Waals surface area contributed by atoms with Gasteiger partial charge in [0.1, 0.15) is 16.4 Å². The average Bonchev–Trinajstić information content (AvgIpc) is 2.66. The van der Waals surface area contributed by atoms with Gasteiger partial charge in [-0.15, -0.1) is 0 Å². The predicted molar refractivity (Wildman–Crippen MR) is 85.0 cm³/mol. The number of fused-ring (bicyclic) bond motifs is 1. The lowest BCUT2D eigenvalue weighted by Crippen LogP contribution is -2.27. The van der Waals surface area contributed by atoms with Crippen molar-refractivity contribution in [1.29, 1.82) is 0 Å². The molecule has 1 aliphatic rings. The minimum absolute atomic E-state index is 0.0133. The average molecular weight is 345 g/mol.